The van der Waals surface area contributed by atoms with Crippen molar-refractivity contribution in [2.24, 2.45) is 11.1 Å². The first-order valence-electron chi connectivity index (χ1n) is 3.96. The number of rotatable bonds is 2. The predicted molar refractivity (Wildman–Crippen MR) is 55.7 cm³/mol. The van der Waals surface area contributed by atoms with Gasteiger partial charge in [0.25, 0.3) is 0 Å². The van der Waals surface area contributed by atoms with Gasteiger partial charge in [-0.05, 0) is 24.7 Å². The summed E-state index contributed by atoms with van der Waals surface area (Å²) in [6.07, 6.45) is 4.49. The molecule has 1 aliphatic rings. The van der Waals surface area contributed by atoms with Crippen molar-refractivity contribution in [2.75, 3.05) is 0 Å². The number of alkyl halides is 1. The third-order valence-electron chi connectivity index (χ3n) is 2.50. The van der Waals surface area contributed by atoms with E-state index in [9.17, 15) is 0 Å². The van der Waals surface area contributed by atoms with E-state index < -0.39 is 0 Å². The Hall–Kier alpha value is 0.200. The summed E-state index contributed by atoms with van der Waals surface area (Å²) >= 11 is 2.57. The Morgan fingerprint density at radius 3 is 1.91 bits per heavy atom. The number of carbonyl (C=O) groups is 1. The molecule has 1 fully saturated rings. The normalized spacial score (nSPS) is 24.8. The molecule has 11 heavy (non-hydrogen) atoms. The summed E-state index contributed by atoms with van der Waals surface area (Å²) in [5, 5.41) is 0. The molecule has 0 bridgehead atoms. The third-order valence-corrected chi connectivity index (χ3v) is 4.26. The van der Waals surface area contributed by atoms with Crippen molar-refractivity contribution in [3.05, 3.63) is 0 Å². The lowest BCUT2D eigenvalue weighted by molar-refractivity contribution is -0.106. The van der Waals surface area contributed by atoms with Gasteiger partial charge in [-0.15, -0.1) is 0 Å². The van der Waals surface area contributed by atoms with Gasteiger partial charge in [-0.2, -0.15) is 0 Å². The second-order valence-corrected chi connectivity index (χ2v) is 4.38. The van der Waals surface area contributed by atoms with Crippen molar-refractivity contribution >= 4 is 29.0 Å². The quantitative estimate of drug-likeness (QED) is 0.465. The Labute approximate surface area is 82.1 Å². The molecule has 2 N–H and O–H groups in total. The van der Waals surface area contributed by atoms with Crippen LogP contribution in [0.25, 0.3) is 0 Å². The van der Waals surface area contributed by atoms with Crippen LogP contribution in [0.5, 0.6) is 0 Å². The van der Waals surface area contributed by atoms with E-state index in [-0.39, 0.29) is 6.41 Å². The molecule has 1 saturated carbocycles. The Morgan fingerprint density at radius 2 is 1.91 bits per heavy atom. The van der Waals surface area contributed by atoms with Gasteiger partial charge in [0.1, 0.15) is 0 Å². The first-order valence-corrected chi connectivity index (χ1v) is 5.20. The van der Waals surface area contributed by atoms with Crippen LogP contribution in [0.15, 0.2) is 0 Å². The molecule has 1 amide bonds. The summed E-state index contributed by atoms with van der Waals surface area (Å²) in [6, 6.07) is 0. The second-order valence-electron chi connectivity index (χ2n) is 2.88. The average Bonchev–Trinajstić information content (AvgIpc) is 2.64. The fourth-order valence-electron chi connectivity index (χ4n) is 1.28. The summed E-state index contributed by atoms with van der Waals surface area (Å²) in [7, 11) is 0. The highest BCUT2D eigenvalue weighted by Crippen LogP contribution is 2.56. The highest BCUT2D eigenvalue weighted by atomic mass is 127. The molecule has 1 aliphatic carbocycles. The molecule has 3 heteroatoms. The molecule has 1 unspecified atom stereocenters. The molecule has 0 heterocycles. The maximum absolute atomic E-state index is 8.58. The van der Waals surface area contributed by atoms with Gasteiger partial charge in [0.05, 0.1) is 0 Å². The molecule has 2 nitrogen and oxygen atoms in total. The summed E-state index contributed by atoms with van der Waals surface area (Å²) < 4.78 is 0.995. The van der Waals surface area contributed by atoms with Gasteiger partial charge < -0.3 is 5.73 Å². The van der Waals surface area contributed by atoms with E-state index >= 15 is 0 Å². The molecular weight excluding hydrogens is 253 g/mol. The second kappa shape index (κ2) is 4.95. The van der Waals surface area contributed by atoms with E-state index in [4.69, 9.17) is 4.79 Å². The minimum atomic E-state index is 0.250. The number of hydrogen-bond donors (Lipinski definition) is 1. The predicted octanol–water partition coefficient (Wildman–Crippen LogP) is 2.10. The largest absolute Gasteiger partial charge is 0.372 e. The fourth-order valence-corrected chi connectivity index (χ4v) is 3.04. The molecule has 0 aromatic carbocycles. The van der Waals surface area contributed by atoms with Gasteiger partial charge in [-0.3, -0.25) is 4.79 Å². The van der Waals surface area contributed by atoms with Crippen LogP contribution in [0.3, 0.4) is 0 Å². The SMILES string of the molecule is CCC1(CC)CC1I.NC=O. The van der Waals surface area contributed by atoms with Crippen LogP contribution in [-0.4, -0.2) is 10.3 Å². The first kappa shape index (κ1) is 11.2. The number of hydrogen-bond acceptors (Lipinski definition) is 1. The monoisotopic (exact) mass is 269 g/mol. The van der Waals surface area contributed by atoms with Crippen molar-refractivity contribution in [2.45, 2.75) is 37.0 Å². The van der Waals surface area contributed by atoms with Gasteiger partial charge in [-0.25, -0.2) is 0 Å². The lowest BCUT2D eigenvalue weighted by atomic mass is 10.0. The van der Waals surface area contributed by atoms with Gasteiger partial charge >= 0.3 is 0 Å². The number of nitrogens with two attached hydrogens (primary N) is 1. The molecule has 0 aromatic rings. The van der Waals surface area contributed by atoms with Crippen molar-refractivity contribution in [1.82, 2.24) is 0 Å². The van der Waals surface area contributed by atoms with Crippen LogP contribution in [0.4, 0.5) is 0 Å². The van der Waals surface area contributed by atoms with Gasteiger partial charge in [0.2, 0.25) is 6.41 Å². The van der Waals surface area contributed by atoms with Crippen molar-refractivity contribution < 1.29 is 4.79 Å². The molecule has 66 valence electrons. The van der Waals surface area contributed by atoms with E-state index in [1.165, 1.54) is 19.3 Å². The molecule has 0 saturated heterocycles. The van der Waals surface area contributed by atoms with E-state index in [0.717, 1.165) is 9.34 Å². The van der Waals surface area contributed by atoms with E-state index in [2.05, 4.69) is 42.2 Å². The number of primary amides is 1. The van der Waals surface area contributed by atoms with Crippen molar-refractivity contribution in [3.63, 3.8) is 0 Å². The maximum atomic E-state index is 8.58. The Bertz CT molecular complexity index is 118. The third kappa shape index (κ3) is 2.97. The van der Waals surface area contributed by atoms with Gasteiger partial charge in [0.15, 0.2) is 0 Å². The van der Waals surface area contributed by atoms with Crippen LogP contribution in [0, 0.1) is 5.41 Å². The van der Waals surface area contributed by atoms with E-state index in [1.54, 1.807) is 0 Å². The maximum Gasteiger partial charge on any atom is 0.204 e. The number of halogens is 1. The van der Waals surface area contributed by atoms with Crippen LogP contribution in [-0.2, 0) is 4.79 Å². The molecule has 0 aromatic heterocycles. The first-order chi connectivity index (χ1) is 5.16. The molecule has 0 aliphatic heterocycles. The summed E-state index contributed by atoms with van der Waals surface area (Å²) in [5.74, 6) is 0. The van der Waals surface area contributed by atoms with E-state index in [1.807, 2.05) is 0 Å². The Balaban J connectivity index is 0.000000292. The summed E-state index contributed by atoms with van der Waals surface area (Å²) in [6.45, 7) is 4.62. The number of amides is 1. The molecule has 1 atom stereocenters. The Morgan fingerprint density at radius 1 is 1.64 bits per heavy atom. The van der Waals surface area contributed by atoms with Crippen LogP contribution < -0.4 is 5.73 Å². The molecule has 0 radical (unpaired) electrons. The summed E-state index contributed by atoms with van der Waals surface area (Å²) in [4.78, 5) is 8.58. The van der Waals surface area contributed by atoms with Crippen LogP contribution in [0.2, 0.25) is 0 Å². The zero-order valence-corrected chi connectivity index (χ0v) is 9.30. The van der Waals surface area contributed by atoms with Crippen LogP contribution >= 0.6 is 22.6 Å². The minimum Gasteiger partial charge on any atom is -0.372 e. The van der Waals surface area contributed by atoms with E-state index in [0.29, 0.717) is 0 Å². The smallest absolute Gasteiger partial charge is 0.204 e. The highest BCUT2D eigenvalue weighted by molar-refractivity contribution is 14.1. The topological polar surface area (TPSA) is 43.1 Å². The number of carbonyl (C=O) groups excluding carboxylic acids is 1. The lowest BCUT2D eigenvalue weighted by Crippen LogP contribution is -1.98. The molecule has 1 rings (SSSR count). The molecular formula is C8H16INO. The van der Waals surface area contributed by atoms with Gasteiger partial charge in [-0.1, -0.05) is 36.4 Å². The minimum absolute atomic E-state index is 0.250. The fraction of sp³-hybridized carbons (Fsp3) is 0.875. The molecule has 0 spiro atoms. The Kier molecular flexibility index (Phi) is 5.04. The van der Waals surface area contributed by atoms with Gasteiger partial charge in [0, 0.05) is 3.92 Å². The zero-order valence-electron chi connectivity index (χ0n) is 7.14. The zero-order chi connectivity index (χ0) is 8.91. The summed E-state index contributed by atoms with van der Waals surface area (Å²) in [5.41, 5.74) is 4.94. The highest BCUT2D eigenvalue weighted by Gasteiger charge is 2.48. The van der Waals surface area contributed by atoms with Crippen molar-refractivity contribution in [3.8, 4) is 0 Å². The standard InChI is InChI=1S/C7H13I.CH3NO/c1-3-7(4-2)5-6(7)8;2-1-3/h6H,3-5H2,1-2H3;1H,(H2,2,3). The lowest BCUT2D eigenvalue weighted by Gasteiger charge is -2.06. The van der Waals surface area contributed by atoms with Crippen LogP contribution in [0.1, 0.15) is 33.1 Å². The average molecular weight is 269 g/mol. The van der Waals surface area contributed by atoms with Crippen molar-refractivity contribution in [1.29, 1.82) is 0 Å².